The van der Waals surface area contributed by atoms with E-state index in [1.807, 2.05) is 6.07 Å². The van der Waals surface area contributed by atoms with E-state index in [-0.39, 0.29) is 17.4 Å². The van der Waals surface area contributed by atoms with Gasteiger partial charge < -0.3 is 4.90 Å². The molecular formula is C26H22FN3O2. The molecule has 5 nitrogen and oxygen atoms in total. The molecule has 0 bridgehead atoms. The van der Waals surface area contributed by atoms with Gasteiger partial charge in [-0.25, -0.2) is 9.07 Å². The van der Waals surface area contributed by atoms with Gasteiger partial charge in [0.25, 0.3) is 5.91 Å². The first-order valence-corrected chi connectivity index (χ1v) is 10.7. The van der Waals surface area contributed by atoms with Gasteiger partial charge in [-0.15, -0.1) is 0 Å². The van der Waals surface area contributed by atoms with Crippen molar-refractivity contribution in [3.63, 3.8) is 0 Å². The summed E-state index contributed by atoms with van der Waals surface area (Å²) in [6, 6.07) is 21.8. The van der Waals surface area contributed by atoms with Gasteiger partial charge in [0.05, 0.1) is 5.69 Å². The Morgan fingerprint density at radius 3 is 2.41 bits per heavy atom. The van der Waals surface area contributed by atoms with Crippen molar-refractivity contribution < 1.29 is 9.18 Å². The maximum Gasteiger partial charge on any atom is 0.278 e. The largest absolute Gasteiger partial charge is 0.337 e. The molecule has 1 fully saturated rings. The first-order valence-electron chi connectivity index (χ1n) is 10.7. The highest BCUT2D eigenvalue weighted by Gasteiger charge is 2.27. The zero-order valence-corrected chi connectivity index (χ0v) is 17.4. The number of fused-ring (bicyclic) bond motifs is 1. The van der Waals surface area contributed by atoms with E-state index in [1.165, 1.54) is 45.4 Å². The summed E-state index contributed by atoms with van der Waals surface area (Å²) in [7, 11) is 0. The zero-order valence-electron chi connectivity index (χ0n) is 17.4. The van der Waals surface area contributed by atoms with Gasteiger partial charge in [0.1, 0.15) is 5.82 Å². The Kier molecular flexibility index (Phi) is 5.27. The third-order valence-electron chi connectivity index (χ3n) is 6.15. The Hall–Kier alpha value is -3.80. The molecule has 1 aliphatic heterocycles. The van der Waals surface area contributed by atoms with Crippen LogP contribution in [0, 0.1) is 5.82 Å². The fraction of sp³-hybridized carbons (Fsp3) is 0.192. The number of benzene rings is 3. The summed E-state index contributed by atoms with van der Waals surface area (Å²) < 4.78 is 14.6. The van der Waals surface area contributed by atoms with Gasteiger partial charge in [0.2, 0.25) is 5.43 Å². The number of nitrogens with zero attached hydrogens (tertiary/aromatic N) is 3. The van der Waals surface area contributed by atoms with Crippen LogP contribution in [-0.2, 0) is 0 Å². The molecule has 1 saturated heterocycles. The van der Waals surface area contributed by atoms with Gasteiger partial charge in [0, 0.05) is 25.4 Å². The molecular weight excluding hydrogens is 405 g/mol. The molecule has 4 aromatic rings. The summed E-state index contributed by atoms with van der Waals surface area (Å²) in [4.78, 5) is 27.2. The molecule has 3 aromatic carbocycles. The van der Waals surface area contributed by atoms with E-state index >= 15 is 0 Å². The van der Waals surface area contributed by atoms with Crippen LogP contribution in [0.1, 0.15) is 34.8 Å². The van der Waals surface area contributed by atoms with Crippen LogP contribution in [-0.4, -0.2) is 33.7 Å². The maximum atomic E-state index is 13.2. The van der Waals surface area contributed by atoms with E-state index < -0.39 is 5.43 Å². The normalized spacial score (nSPS) is 14.6. The topological polar surface area (TPSA) is 55.2 Å². The lowest BCUT2D eigenvalue weighted by Crippen LogP contribution is -2.40. The molecule has 0 atom stereocenters. The van der Waals surface area contributed by atoms with E-state index in [0.29, 0.717) is 24.7 Å². The maximum absolute atomic E-state index is 13.2. The second-order valence-corrected chi connectivity index (χ2v) is 8.08. The number of carbonyl (C=O) groups is 1. The van der Waals surface area contributed by atoms with Crippen LogP contribution in [0.5, 0.6) is 0 Å². The van der Waals surface area contributed by atoms with Gasteiger partial charge in [-0.3, -0.25) is 9.59 Å². The van der Waals surface area contributed by atoms with Crippen LogP contribution in [0.4, 0.5) is 4.39 Å². The third-order valence-corrected chi connectivity index (χ3v) is 6.15. The summed E-state index contributed by atoms with van der Waals surface area (Å²) in [6.07, 6.45) is 3.15. The van der Waals surface area contributed by atoms with Gasteiger partial charge in [0.15, 0.2) is 5.69 Å². The second-order valence-electron chi connectivity index (χ2n) is 8.08. The van der Waals surface area contributed by atoms with Crippen molar-refractivity contribution in [3.05, 3.63) is 106 Å². The van der Waals surface area contributed by atoms with E-state index in [4.69, 9.17) is 0 Å². The van der Waals surface area contributed by atoms with Crippen molar-refractivity contribution in [1.29, 1.82) is 0 Å². The molecule has 2 heterocycles. The third kappa shape index (κ3) is 3.80. The number of hydrogen-bond acceptors (Lipinski definition) is 3. The smallest absolute Gasteiger partial charge is 0.278 e. The van der Waals surface area contributed by atoms with Gasteiger partial charge >= 0.3 is 0 Å². The summed E-state index contributed by atoms with van der Waals surface area (Å²) >= 11 is 0. The molecule has 0 aliphatic carbocycles. The Morgan fingerprint density at radius 2 is 1.62 bits per heavy atom. The summed E-state index contributed by atoms with van der Waals surface area (Å²) in [5.74, 6) is -0.354. The molecule has 32 heavy (non-hydrogen) atoms. The van der Waals surface area contributed by atoms with Crippen LogP contribution < -0.4 is 5.43 Å². The molecule has 0 spiro atoms. The minimum absolute atomic E-state index is 0.111. The first kappa shape index (κ1) is 20.1. The molecule has 0 radical (unpaired) electrons. The molecule has 6 heteroatoms. The Balaban J connectivity index is 1.35. The van der Waals surface area contributed by atoms with E-state index in [1.54, 1.807) is 17.0 Å². The van der Waals surface area contributed by atoms with E-state index in [9.17, 15) is 14.0 Å². The molecule has 0 saturated carbocycles. The highest BCUT2D eigenvalue weighted by atomic mass is 19.1. The van der Waals surface area contributed by atoms with Gasteiger partial charge in [-0.2, -0.15) is 5.10 Å². The lowest BCUT2D eigenvalue weighted by molar-refractivity contribution is 0.0704. The lowest BCUT2D eigenvalue weighted by Gasteiger charge is -2.32. The Bertz CT molecular complexity index is 1330. The molecule has 0 unspecified atom stereocenters. The minimum atomic E-state index is -0.412. The number of likely N-dealkylation sites (tertiary alicyclic amines) is 1. The van der Waals surface area contributed by atoms with Crippen LogP contribution in [0.2, 0.25) is 0 Å². The van der Waals surface area contributed by atoms with Crippen molar-refractivity contribution >= 4 is 16.7 Å². The zero-order chi connectivity index (χ0) is 22.1. The molecule has 5 rings (SSSR count). The minimum Gasteiger partial charge on any atom is -0.337 e. The van der Waals surface area contributed by atoms with Crippen LogP contribution in [0.25, 0.3) is 16.5 Å². The fourth-order valence-corrected chi connectivity index (χ4v) is 4.44. The number of carbonyl (C=O) groups excluding carboxylic acids is 1. The summed E-state index contributed by atoms with van der Waals surface area (Å²) in [6.45, 7) is 1.14. The Labute approximate surface area is 184 Å². The predicted octanol–water partition coefficient (Wildman–Crippen LogP) is 4.54. The fourth-order valence-electron chi connectivity index (χ4n) is 4.44. The number of rotatable bonds is 3. The average Bonchev–Trinajstić information content (AvgIpc) is 2.84. The standard InChI is InChI=1S/C26H22FN3O2/c27-20-8-10-21(11-9-20)30-17-14-24(31)25(28-30)26(32)29-15-12-19(13-16-29)23-7-3-5-18-4-1-2-6-22(18)23/h1-11,14,17,19H,12-13,15-16H2. The number of amides is 1. The summed E-state index contributed by atoms with van der Waals surface area (Å²) in [5, 5.41) is 6.73. The molecule has 1 aliphatic rings. The average molecular weight is 427 g/mol. The Morgan fingerprint density at radius 1 is 0.906 bits per heavy atom. The van der Waals surface area contributed by atoms with Crippen LogP contribution >= 0.6 is 0 Å². The van der Waals surface area contributed by atoms with E-state index in [0.717, 1.165) is 12.8 Å². The van der Waals surface area contributed by atoms with Crippen LogP contribution in [0.3, 0.4) is 0 Å². The number of aromatic nitrogens is 2. The van der Waals surface area contributed by atoms with Gasteiger partial charge in [-0.1, -0.05) is 42.5 Å². The lowest BCUT2D eigenvalue weighted by atomic mass is 9.86. The SMILES string of the molecule is O=C(c1nn(-c2ccc(F)cc2)ccc1=O)N1CCC(c2cccc3ccccc23)CC1. The second kappa shape index (κ2) is 8.38. The molecule has 1 aromatic heterocycles. The van der Waals surface area contributed by atoms with Crippen molar-refractivity contribution in [2.75, 3.05) is 13.1 Å². The summed E-state index contributed by atoms with van der Waals surface area (Å²) in [5.41, 5.74) is 1.37. The van der Waals surface area contributed by atoms with Crippen molar-refractivity contribution in [2.24, 2.45) is 0 Å². The number of piperidine rings is 1. The molecule has 160 valence electrons. The van der Waals surface area contributed by atoms with E-state index in [2.05, 4.69) is 41.5 Å². The highest BCUT2D eigenvalue weighted by molar-refractivity contribution is 5.92. The van der Waals surface area contributed by atoms with Crippen molar-refractivity contribution in [1.82, 2.24) is 14.7 Å². The number of halogens is 1. The van der Waals surface area contributed by atoms with Crippen LogP contribution in [0.15, 0.2) is 83.8 Å². The highest BCUT2D eigenvalue weighted by Crippen LogP contribution is 2.33. The van der Waals surface area contributed by atoms with Gasteiger partial charge in [-0.05, 0) is 59.4 Å². The molecule has 1 amide bonds. The molecule has 0 N–H and O–H groups in total. The van der Waals surface area contributed by atoms with Crippen molar-refractivity contribution in [3.8, 4) is 5.69 Å². The quantitative estimate of drug-likeness (QED) is 0.482. The monoisotopic (exact) mass is 427 g/mol. The first-order chi connectivity index (χ1) is 15.6. The predicted molar refractivity (Wildman–Crippen MR) is 122 cm³/mol. The number of hydrogen-bond donors (Lipinski definition) is 0. The van der Waals surface area contributed by atoms with Crippen molar-refractivity contribution in [2.45, 2.75) is 18.8 Å².